The van der Waals surface area contributed by atoms with Crippen molar-refractivity contribution in [3.63, 3.8) is 0 Å². The van der Waals surface area contributed by atoms with E-state index in [9.17, 15) is 9.90 Å². The summed E-state index contributed by atoms with van der Waals surface area (Å²) in [5, 5.41) is 11.4. The Labute approximate surface area is 169 Å². The van der Waals surface area contributed by atoms with Gasteiger partial charge in [0.2, 0.25) is 5.76 Å². The number of nitrogens with zero attached hydrogens (tertiary/aromatic N) is 1. The fourth-order valence-electron chi connectivity index (χ4n) is 3.86. The first-order chi connectivity index (χ1) is 14.1. The summed E-state index contributed by atoms with van der Waals surface area (Å²) >= 11 is 0. The van der Waals surface area contributed by atoms with Crippen LogP contribution in [0.2, 0.25) is 0 Å². The quantitative estimate of drug-likeness (QED) is 0.655. The van der Waals surface area contributed by atoms with Gasteiger partial charge in [0.25, 0.3) is 0 Å². The summed E-state index contributed by atoms with van der Waals surface area (Å²) in [4.78, 5) is 14.7. The molecule has 0 amide bonds. The lowest BCUT2D eigenvalue weighted by Gasteiger charge is -2.27. The van der Waals surface area contributed by atoms with Crippen LogP contribution in [0.4, 0.5) is 0 Å². The Morgan fingerprint density at radius 3 is 2.62 bits per heavy atom. The van der Waals surface area contributed by atoms with E-state index in [1.807, 2.05) is 30.3 Å². The van der Waals surface area contributed by atoms with E-state index in [4.69, 9.17) is 13.9 Å². The largest absolute Gasteiger partial charge is 0.507 e. The number of aryl methyl sites for hydroxylation is 1. The van der Waals surface area contributed by atoms with Crippen LogP contribution in [0.3, 0.4) is 0 Å². The maximum Gasteiger partial charge on any atom is 0.374 e. The first kappa shape index (κ1) is 19.5. The summed E-state index contributed by atoms with van der Waals surface area (Å²) in [6.07, 6.45) is 0. The van der Waals surface area contributed by atoms with E-state index in [0.717, 1.165) is 29.8 Å². The normalized spacial score (nSPS) is 15.0. The van der Waals surface area contributed by atoms with Gasteiger partial charge in [-0.1, -0.05) is 30.3 Å². The summed E-state index contributed by atoms with van der Waals surface area (Å²) in [5.74, 6) is -0.272. The van der Waals surface area contributed by atoms with Gasteiger partial charge in [0, 0.05) is 30.8 Å². The number of phenolic OH excluding ortho intramolecular Hbond substituents is 1. The molecule has 2 aromatic carbocycles. The number of ether oxygens (including phenoxy) is 2. The van der Waals surface area contributed by atoms with Gasteiger partial charge in [0.15, 0.2) is 0 Å². The molecule has 0 saturated carbocycles. The number of carbonyl (C=O) groups excluding carboxylic acids is 1. The molecule has 1 aliphatic heterocycles. The maximum absolute atomic E-state index is 12.4. The van der Waals surface area contributed by atoms with Crippen LogP contribution < -0.4 is 0 Å². The highest BCUT2D eigenvalue weighted by Gasteiger charge is 2.26. The summed E-state index contributed by atoms with van der Waals surface area (Å²) in [5.41, 5.74) is 3.96. The second kappa shape index (κ2) is 8.27. The van der Waals surface area contributed by atoms with Gasteiger partial charge in [-0.25, -0.2) is 4.79 Å². The fourth-order valence-corrected chi connectivity index (χ4v) is 3.86. The summed E-state index contributed by atoms with van der Waals surface area (Å²) < 4.78 is 16.7. The zero-order chi connectivity index (χ0) is 20.4. The minimum absolute atomic E-state index is 0.0985. The minimum atomic E-state index is -0.515. The SMILES string of the molecule is CCOC(=O)c1oc2c(CN3CCOCC3)c(-c3ccccc3)cc(O)c2c1C. The van der Waals surface area contributed by atoms with Crippen LogP contribution in [0, 0.1) is 6.92 Å². The van der Waals surface area contributed by atoms with Crippen molar-refractivity contribution < 1.29 is 23.8 Å². The van der Waals surface area contributed by atoms with Gasteiger partial charge in [-0.15, -0.1) is 0 Å². The number of hydrogen-bond donors (Lipinski definition) is 1. The molecule has 0 atom stereocenters. The average molecular weight is 395 g/mol. The number of rotatable bonds is 5. The van der Waals surface area contributed by atoms with E-state index >= 15 is 0 Å². The number of phenols is 1. The van der Waals surface area contributed by atoms with Crippen LogP contribution in [-0.2, 0) is 16.0 Å². The van der Waals surface area contributed by atoms with E-state index in [1.165, 1.54) is 0 Å². The van der Waals surface area contributed by atoms with Crippen LogP contribution in [0.15, 0.2) is 40.8 Å². The molecule has 1 aliphatic rings. The Balaban J connectivity index is 1.91. The van der Waals surface area contributed by atoms with Crippen LogP contribution in [0.25, 0.3) is 22.1 Å². The molecule has 0 unspecified atom stereocenters. The van der Waals surface area contributed by atoms with Gasteiger partial charge in [-0.2, -0.15) is 0 Å². The van der Waals surface area contributed by atoms with Gasteiger partial charge >= 0.3 is 5.97 Å². The zero-order valence-corrected chi connectivity index (χ0v) is 16.7. The standard InChI is InChI=1S/C23H25NO5/c1-3-28-23(26)21-15(2)20-19(25)13-17(16-7-5-4-6-8-16)18(22(20)29-21)14-24-9-11-27-12-10-24/h4-8,13,25H,3,9-12,14H2,1-2H3. The second-order valence-corrected chi connectivity index (χ2v) is 7.16. The Morgan fingerprint density at radius 1 is 1.21 bits per heavy atom. The predicted octanol–water partition coefficient (Wildman–Crippen LogP) is 4.12. The molecular formula is C23H25NO5. The van der Waals surface area contributed by atoms with E-state index in [-0.39, 0.29) is 18.1 Å². The number of carbonyl (C=O) groups is 1. The topological polar surface area (TPSA) is 72.1 Å². The van der Waals surface area contributed by atoms with E-state index in [0.29, 0.717) is 36.3 Å². The highest BCUT2D eigenvalue weighted by Crippen LogP contribution is 2.41. The number of fused-ring (bicyclic) bond motifs is 1. The van der Waals surface area contributed by atoms with Gasteiger partial charge in [-0.3, -0.25) is 4.90 Å². The van der Waals surface area contributed by atoms with Crippen molar-refractivity contribution >= 4 is 16.9 Å². The van der Waals surface area contributed by atoms with Crippen LogP contribution >= 0.6 is 0 Å². The van der Waals surface area contributed by atoms with Crippen molar-refractivity contribution in [1.29, 1.82) is 0 Å². The molecule has 1 fully saturated rings. The molecule has 1 saturated heterocycles. The molecule has 29 heavy (non-hydrogen) atoms. The van der Waals surface area contributed by atoms with E-state index in [1.54, 1.807) is 19.9 Å². The number of esters is 1. The lowest BCUT2D eigenvalue weighted by atomic mass is 9.95. The fraction of sp³-hybridized carbons (Fsp3) is 0.348. The van der Waals surface area contributed by atoms with Gasteiger partial charge < -0.3 is 19.0 Å². The highest BCUT2D eigenvalue weighted by atomic mass is 16.5. The molecule has 6 heteroatoms. The van der Waals surface area contributed by atoms with Crippen molar-refractivity contribution in [3.8, 4) is 16.9 Å². The van der Waals surface area contributed by atoms with Gasteiger partial charge in [-0.05, 0) is 31.0 Å². The zero-order valence-electron chi connectivity index (χ0n) is 16.7. The predicted molar refractivity (Wildman–Crippen MR) is 110 cm³/mol. The Morgan fingerprint density at radius 2 is 1.93 bits per heavy atom. The van der Waals surface area contributed by atoms with E-state index < -0.39 is 5.97 Å². The molecule has 0 spiro atoms. The lowest BCUT2D eigenvalue weighted by molar-refractivity contribution is 0.0343. The average Bonchev–Trinajstić information content (AvgIpc) is 3.09. The first-order valence-electron chi connectivity index (χ1n) is 9.90. The van der Waals surface area contributed by atoms with Gasteiger partial charge in [0.05, 0.1) is 25.2 Å². The van der Waals surface area contributed by atoms with Crippen LogP contribution in [-0.4, -0.2) is 48.9 Å². The molecule has 2 heterocycles. The molecule has 152 valence electrons. The summed E-state index contributed by atoms with van der Waals surface area (Å²) in [6.45, 7) is 7.45. The summed E-state index contributed by atoms with van der Waals surface area (Å²) in [7, 11) is 0. The van der Waals surface area contributed by atoms with Crippen LogP contribution in [0.1, 0.15) is 28.6 Å². The Kier molecular flexibility index (Phi) is 5.56. The number of hydrogen-bond acceptors (Lipinski definition) is 6. The van der Waals surface area contributed by atoms with Crippen molar-refractivity contribution in [3.05, 3.63) is 53.3 Å². The second-order valence-electron chi connectivity index (χ2n) is 7.16. The Hall–Kier alpha value is -2.83. The molecule has 1 N–H and O–H groups in total. The maximum atomic E-state index is 12.4. The third kappa shape index (κ3) is 3.73. The van der Waals surface area contributed by atoms with Crippen molar-refractivity contribution in [2.75, 3.05) is 32.9 Å². The minimum Gasteiger partial charge on any atom is -0.507 e. The lowest BCUT2D eigenvalue weighted by Crippen LogP contribution is -2.35. The van der Waals surface area contributed by atoms with Crippen molar-refractivity contribution in [2.24, 2.45) is 0 Å². The third-order valence-electron chi connectivity index (χ3n) is 5.31. The smallest absolute Gasteiger partial charge is 0.374 e. The van der Waals surface area contributed by atoms with Gasteiger partial charge in [0.1, 0.15) is 11.3 Å². The Bertz CT molecular complexity index is 1020. The molecule has 0 bridgehead atoms. The molecule has 3 aromatic rings. The molecular weight excluding hydrogens is 370 g/mol. The number of benzene rings is 2. The first-order valence-corrected chi connectivity index (χ1v) is 9.90. The number of furan rings is 1. The van der Waals surface area contributed by atoms with Crippen molar-refractivity contribution in [1.82, 2.24) is 4.90 Å². The molecule has 4 rings (SSSR count). The third-order valence-corrected chi connectivity index (χ3v) is 5.31. The number of aromatic hydroxyl groups is 1. The summed E-state index contributed by atoms with van der Waals surface area (Å²) in [6, 6.07) is 11.7. The molecule has 1 aromatic heterocycles. The molecule has 0 radical (unpaired) electrons. The molecule has 0 aliphatic carbocycles. The van der Waals surface area contributed by atoms with Crippen LogP contribution in [0.5, 0.6) is 5.75 Å². The monoisotopic (exact) mass is 395 g/mol. The number of morpholine rings is 1. The molecule has 6 nitrogen and oxygen atoms in total. The van der Waals surface area contributed by atoms with E-state index in [2.05, 4.69) is 4.90 Å². The van der Waals surface area contributed by atoms with Crippen molar-refractivity contribution in [2.45, 2.75) is 20.4 Å². The highest BCUT2D eigenvalue weighted by molar-refractivity contribution is 6.01.